The van der Waals surface area contributed by atoms with Gasteiger partial charge in [0.25, 0.3) is 0 Å². The molecule has 130 valence electrons. The molecule has 3 aromatic rings. The van der Waals surface area contributed by atoms with E-state index in [1.165, 1.54) is 12.1 Å². The number of hydrogen-bond acceptors (Lipinski definition) is 3. The molecule has 0 saturated carbocycles. The van der Waals surface area contributed by atoms with Crippen molar-refractivity contribution in [3.8, 4) is 0 Å². The zero-order chi connectivity index (χ0) is 18.0. The first-order chi connectivity index (χ1) is 12.7. The van der Waals surface area contributed by atoms with Gasteiger partial charge in [-0.1, -0.05) is 41.6 Å². The second kappa shape index (κ2) is 6.89. The second-order valence-electron chi connectivity index (χ2n) is 6.14. The molecule has 4 rings (SSSR count). The summed E-state index contributed by atoms with van der Waals surface area (Å²) < 4.78 is 32.9. The van der Waals surface area contributed by atoms with Crippen LogP contribution in [-0.4, -0.2) is 5.71 Å². The fourth-order valence-corrected chi connectivity index (χ4v) is 4.96. The van der Waals surface area contributed by atoms with Crippen LogP contribution in [0.3, 0.4) is 0 Å². The monoisotopic (exact) mass is 365 g/mol. The second-order valence-corrected chi connectivity index (χ2v) is 8.44. The van der Waals surface area contributed by atoms with Crippen LogP contribution in [0.2, 0.25) is 0 Å². The van der Waals surface area contributed by atoms with Crippen LogP contribution in [0.5, 0.6) is 0 Å². The highest BCUT2D eigenvalue weighted by Crippen LogP contribution is 2.45. The van der Waals surface area contributed by atoms with E-state index in [4.69, 9.17) is 4.62 Å². The molecular formula is C21H17FNO2P. The highest BCUT2D eigenvalue weighted by molar-refractivity contribution is 7.74. The van der Waals surface area contributed by atoms with Gasteiger partial charge in [0.1, 0.15) is 5.82 Å². The Bertz CT molecular complexity index is 960. The number of oxime groups is 1. The summed E-state index contributed by atoms with van der Waals surface area (Å²) in [7, 11) is -3.36. The number of hydrogen-bond donors (Lipinski definition) is 0. The first-order valence-corrected chi connectivity index (χ1v) is 10.0. The van der Waals surface area contributed by atoms with Crippen molar-refractivity contribution in [1.82, 2.24) is 0 Å². The Morgan fingerprint density at radius 2 is 1.46 bits per heavy atom. The summed E-state index contributed by atoms with van der Waals surface area (Å²) in [4.78, 5) is 0. The zero-order valence-corrected chi connectivity index (χ0v) is 14.9. The molecule has 0 bridgehead atoms. The molecule has 0 aliphatic heterocycles. The normalized spacial score (nSPS) is 15.0. The molecule has 0 N–H and O–H groups in total. The number of rotatable bonds is 4. The maximum Gasteiger partial charge on any atom is 0.330 e. The van der Waals surface area contributed by atoms with Crippen LogP contribution in [0, 0.1) is 5.82 Å². The van der Waals surface area contributed by atoms with Gasteiger partial charge < -0.3 is 4.62 Å². The van der Waals surface area contributed by atoms with Crippen LogP contribution in [0.15, 0.2) is 84.0 Å². The third kappa shape index (κ3) is 3.09. The first-order valence-electron chi connectivity index (χ1n) is 8.42. The van der Waals surface area contributed by atoms with Gasteiger partial charge in [-0.2, -0.15) is 0 Å². The molecule has 0 fully saturated rings. The van der Waals surface area contributed by atoms with Crippen molar-refractivity contribution in [2.45, 2.75) is 12.8 Å². The molecule has 3 aromatic carbocycles. The van der Waals surface area contributed by atoms with Crippen LogP contribution in [0.4, 0.5) is 4.39 Å². The van der Waals surface area contributed by atoms with Gasteiger partial charge in [0.15, 0.2) is 0 Å². The predicted molar refractivity (Wildman–Crippen MR) is 102 cm³/mol. The van der Waals surface area contributed by atoms with Gasteiger partial charge >= 0.3 is 7.37 Å². The third-order valence-electron chi connectivity index (χ3n) is 4.47. The van der Waals surface area contributed by atoms with E-state index < -0.39 is 7.37 Å². The summed E-state index contributed by atoms with van der Waals surface area (Å²) in [6.45, 7) is 0. The van der Waals surface area contributed by atoms with Gasteiger partial charge in [0, 0.05) is 5.56 Å². The molecule has 0 unspecified atom stereocenters. The van der Waals surface area contributed by atoms with Crippen LogP contribution in [0.25, 0.3) is 0 Å². The number of benzene rings is 3. The number of halogens is 1. The van der Waals surface area contributed by atoms with Gasteiger partial charge in [-0.25, -0.2) is 4.39 Å². The van der Waals surface area contributed by atoms with Gasteiger partial charge in [0.05, 0.1) is 16.3 Å². The lowest BCUT2D eigenvalue weighted by Gasteiger charge is -2.16. The number of aryl methyl sites for hydroxylation is 1. The van der Waals surface area contributed by atoms with Crippen molar-refractivity contribution in [3.05, 3.63) is 95.8 Å². The SMILES string of the molecule is O=P(O/N=C1\CCc2cc(F)ccc21)(c1ccccc1)c1ccccc1. The Hall–Kier alpha value is -2.71. The number of nitrogens with zero attached hydrogens (tertiary/aromatic N) is 1. The maximum absolute atomic E-state index is 13.7. The van der Waals surface area contributed by atoms with E-state index in [1.807, 2.05) is 36.4 Å². The largest absolute Gasteiger partial charge is 0.330 e. The fraction of sp³-hybridized carbons (Fsp3) is 0.0952. The molecule has 3 nitrogen and oxygen atoms in total. The Labute approximate surface area is 151 Å². The smallest absolute Gasteiger partial charge is 0.330 e. The summed E-state index contributed by atoms with van der Waals surface area (Å²) in [6.07, 6.45) is 1.35. The Morgan fingerprint density at radius 3 is 2.08 bits per heavy atom. The van der Waals surface area contributed by atoms with Gasteiger partial charge in [-0.15, -0.1) is 0 Å². The zero-order valence-electron chi connectivity index (χ0n) is 14.0. The minimum absolute atomic E-state index is 0.259. The highest BCUT2D eigenvalue weighted by Gasteiger charge is 2.31. The van der Waals surface area contributed by atoms with Gasteiger partial charge in [-0.3, -0.25) is 4.57 Å². The maximum atomic E-state index is 13.7. The van der Waals surface area contributed by atoms with E-state index in [-0.39, 0.29) is 5.82 Å². The van der Waals surface area contributed by atoms with Crippen LogP contribution >= 0.6 is 7.37 Å². The molecule has 0 spiro atoms. The fourth-order valence-electron chi connectivity index (χ4n) is 3.13. The van der Waals surface area contributed by atoms with Crippen LogP contribution in [0.1, 0.15) is 17.5 Å². The molecule has 0 atom stereocenters. The van der Waals surface area contributed by atoms with E-state index in [9.17, 15) is 8.96 Å². The lowest BCUT2D eigenvalue weighted by Crippen LogP contribution is -2.17. The summed E-state index contributed by atoms with van der Waals surface area (Å²) in [6, 6.07) is 22.8. The molecular weight excluding hydrogens is 348 g/mol. The molecule has 0 saturated heterocycles. The molecule has 5 heteroatoms. The van der Waals surface area contributed by atoms with E-state index in [2.05, 4.69) is 5.16 Å². The summed E-state index contributed by atoms with van der Waals surface area (Å²) in [5, 5.41) is 5.43. The van der Waals surface area contributed by atoms with Crippen molar-refractivity contribution in [2.75, 3.05) is 0 Å². The Balaban J connectivity index is 1.73. The Morgan fingerprint density at radius 1 is 0.846 bits per heavy atom. The summed E-state index contributed by atoms with van der Waals surface area (Å²) >= 11 is 0. The summed E-state index contributed by atoms with van der Waals surface area (Å²) in [5.41, 5.74) is 2.47. The molecule has 0 radical (unpaired) electrons. The lowest BCUT2D eigenvalue weighted by molar-refractivity contribution is 0.348. The van der Waals surface area contributed by atoms with Crippen molar-refractivity contribution >= 4 is 23.7 Å². The van der Waals surface area contributed by atoms with E-state index in [0.717, 1.165) is 11.1 Å². The standard InChI is InChI=1S/C21H17FNO2P/c22-17-12-13-20-16(15-17)11-14-21(20)23-25-26(24,18-7-3-1-4-8-18)19-9-5-2-6-10-19/h1-10,12-13,15H,11,14H2/b23-21+. The van der Waals surface area contributed by atoms with Crippen LogP contribution in [-0.2, 0) is 15.6 Å². The third-order valence-corrected chi connectivity index (χ3v) is 6.74. The van der Waals surface area contributed by atoms with E-state index in [0.29, 0.717) is 29.2 Å². The quantitative estimate of drug-likeness (QED) is 0.507. The molecule has 1 aliphatic rings. The number of fused-ring (bicyclic) bond motifs is 1. The molecule has 0 aromatic heterocycles. The molecule has 0 amide bonds. The topological polar surface area (TPSA) is 38.7 Å². The summed E-state index contributed by atoms with van der Waals surface area (Å²) in [5.74, 6) is -0.259. The Kier molecular flexibility index (Phi) is 4.44. The van der Waals surface area contributed by atoms with Gasteiger partial charge in [0.2, 0.25) is 0 Å². The van der Waals surface area contributed by atoms with E-state index in [1.54, 1.807) is 30.3 Å². The minimum Gasteiger partial charge on any atom is -0.330 e. The van der Waals surface area contributed by atoms with Crippen molar-refractivity contribution in [1.29, 1.82) is 0 Å². The van der Waals surface area contributed by atoms with E-state index >= 15 is 0 Å². The van der Waals surface area contributed by atoms with Crippen molar-refractivity contribution in [2.24, 2.45) is 5.16 Å². The first kappa shape index (κ1) is 16.7. The van der Waals surface area contributed by atoms with Crippen molar-refractivity contribution in [3.63, 3.8) is 0 Å². The molecule has 0 heterocycles. The predicted octanol–water partition coefficient (Wildman–Crippen LogP) is 4.42. The highest BCUT2D eigenvalue weighted by atomic mass is 31.2. The van der Waals surface area contributed by atoms with Gasteiger partial charge in [-0.05, 0) is 60.9 Å². The minimum atomic E-state index is -3.36. The molecule has 26 heavy (non-hydrogen) atoms. The van der Waals surface area contributed by atoms with Crippen LogP contribution < -0.4 is 10.6 Å². The average molecular weight is 365 g/mol. The van der Waals surface area contributed by atoms with Crippen molar-refractivity contribution < 1.29 is 13.6 Å². The lowest BCUT2D eigenvalue weighted by atomic mass is 10.1. The molecule has 1 aliphatic carbocycles. The average Bonchev–Trinajstić information content (AvgIpc) is 3.09.